The molecule has 0 aromatic heterocycles. The number of ether oxygens (including phenoxy) is 1. The molecular weight excluding hydrogens is 404 g/mol. The Bertz CT molecular complexity index is 871. The first kappa shape index (κ1) is 25.4. The highest BCUT2D eigenvalue weighted by Gasteiger charge is 2.31. The number of benzene rings is 2. The molecule has 0 bridgehead atoms. The van der Waals surface area contributed by atoms with Crippen LogP contribution in [0.5, 0.6) is 0 Å². The van der Waals surface area contributed by atoms with E-state index in [4.69, 9.17) is 0 Å². The normalized spacial score (nSPS) is 15.7. The molecule has 1 atom stereocenters. The third-order valence-electron chi connectivity index (χ3n) is 5.71. The number of likely N-dealkylation sites (tertiary alicyclic amines) is 1. The van der Waals surface area contributed by atoms with E-state index >= 15 is 0 Å². The van der Waals surface area contributed by atoms with Crippen LogP contribution in [0, 0.1) is 19.8 Å². The first-order valence-electron chi connectivity index (χ1n) is 11.5. The number of rotatable bonds is 8. The van der Waals surface area contributed by atoms with Gasteiger partial charge in [-0.1, -0.05) is 54.4 Å². The third-order valence-corrected chi connectivity index (χ3v) is 5.71. The van der Waals surface area contributed by atoms with Crippen molar-refractivity contribution < 1.29 is 19.1 Å². The van der Waals surface area contributed by atoms with E-state index in [0.717, 1.165) is 19.4 Å². The molecule has 1 aliphatic rings. The summed E-state index contributed by atoms with van der Waals surface area (Å²) >= 11 is 0. The van der Waals surface area contributed by atoms with Crippen molar-refractivity contribution in [3.63, 3.8) is 0 Å². The Balaban J connectivity index is 0.000000255. The van der Waals surface area contributed by atoms with Gasteiger partial charge >= 0.3 is 0 Å². The van der Waals surface area contributed by atoms with Crippen LogP contribution in [-0.2, 0) is 19.1 Å². The van der Waals surface area contributed by atoms with Crippen molar-refractivity contribution in [1.29, 1.82) is 0 Å². The van der Waals surface area contributed by atoms with Gasteiger partial charge in [0.05, 0.1) is 12.5 Å². The van der Waals surface area contributed by atoms with Gasteiger partial charge in [0.1, 0.15) is 6.61 Å². The number of carbonyl (C=O) groups is 3. The molecular formula is C26H36N2O4. The maximum absolute atomic E-state index is 12.2. The minimum absolute atomic E-state index is 0.0142. The Kier molecular flexibility index (Phi) is 10.2. The zero-order chi connectivity index (χ0) is 23.5. The van der Waals surface area contributed by atoms with Gasteiger partial charge in [0.15, 0.2) is 0 Å². The number of piperidine rings is 1. The molecule has 0 N–H and O–H groups in total. The highest BCUT2D eigenvalue weighted by atomic mass is 16.5. The predicted octanol–water partition coefficient (Wildman–Crippen LogP) is 4.11. The predicted molar refractivity (Wildman–Crippen MR) is 127 cm³/mol. The first-order valence-corrected chi connectivity index (χ1v) is 11.5. The minimum Gasteiger partial charge on any atom is -0.467 e. The van der Waals surface area contributed by atoms with Gasteiger partial charge in [-0.3, -0.25) is 14.4 Å². The largest absolute Gasteiger partial charge is 0.467 e. The first-order chi connectivity index (χ1) is 15.4. The Morgan fingerprint density at radius 1 is 1.12 bits per heavy atom. The number of nitrogens with zero attached hydrogens (tertiary/aromatic N) is 2. The monoisotopic (exact) mass is 440 g/mol. The molecule has 174 valence electrons. The summed E-state index contributed by atoms with van der Waals surface area (Å²) < 4.78 is 4.68. The molecule has 2 aromatic rings. The summed E-state index contributed by atoms with van der Waals surface area (Å²) in [5.74, 6) is -0.401. The standard InChI is InChI=1S/C14H24N2O4.C12H12/c1-3-7-15(4-2)13(18)9-16-8-5-6-12(14(16)19)10-20-11-17;1-9-3-5-12-8-10(2)4-6-11(12)7-9/h11-12H,3-10H2,1-2H3;3-8H,1-2H3/t12-;/m1./s1. The summed E-state index contributed by atoms with van der Waals surface area (Å²) in [5, 5.41) is 2.67. The Morgan fingerprint density at radius 3 is 2.28 bits per heavy atom. The van der Waals surface area contributed by atoms with Gasteiger partial charge < -0.3 is 14.5 Å². The van der Waals surface area contributed by atoms with Gasteiger partial charge in [-0.2, -0.15) is 0 Å². The summed E-state index contributed by atoms with van der Waals surface area (Å²) in [4.78, 5) is 37.9. The van der Waals surface area contributed by atoms with Crippen molar-refractivity contribution in [2.45, 2.75) is 47.0 Å². The fraction of sp³-hybridized carbons (Fsp3) is 0.500. The number of hydrogen-bond acceptors (Lipinski definition) is 4. The van der Waals surface area contributed by atoms with Crippen molar-refractivity contribution >= 4 is 29.1 Å². The molecule has 0 aliphatic carbocycles. The van der Waals surface area contributed by atoms with E-state index in [1.165, 1.54) is 21.9 Å². The van der Waals surface area contributed by atoms with Gasteiger partial charge in [-0.25, -0.2) is 0 Å². The van der Waals surface area contributed by atoms with Crippen LogP contribution in [0.25, 0.3) is 10.8 Å². The summed E-state index contributed by atoms with van der Waals surface area (Å²) in [6, 6.07) is 13.1. The molecule has 1 aliphatic heterocycles. The number of fused-ring (bicyclic) bond motifs is 1. The van der Waals surface area contributed by atoms with E-state index in [1.807, 2.05) is 13.8 Å². The molecule has 1 heterocycles. The molecule has 32 heavy (non-hydrogen) atoms. The summed E-state index contributed by atoms with van der Waals surface area (Å²) in [7, 11) is 0. The van der Waals surface area contributed by atoms with Crippen LogP contribution in [0.15, 0.2) is 36.4 Å². The lowest BCUT2D eigenvalue weighted by molar-refractivity contribution is -0.148. The highest BCUT2D eigenvalue weighted by Crippen LogP contribution is 2.19. The molecule has 0 spiro atoms. The molecule has 0 saturated carbocycles. The van der Waals surface area contributed by atoms with Gasteiger partial charge in [0, 0.05) is 19.6 Å². The van der Waals surface area contributed by atoms with Gasteiger partial charge in [-0.15, -0.1) is 0 Å². The number of aryl methyl sites for hydroxylation is 2. The van der Waals surface area contributed by atoms with Crippen molar-refractivity contribution in [2.75, 3.05) is 32.8 Å². The van der Waals surface area contributed by atoms with Crippen molar-refractivity contribution in [3.8, 4) is 0 Å². The van der Waals surface area contributed by atoms with Gasteiger partial charge in [0.2, 0.25) is 11.8 Å². The SMILES string of the molecule is CCCN(CC)C(=O)CN1CCC[C@H](COC=O)C1=O.Cc1ccc2cc(C)ccc2c1. The van der Waals surface area contributed by atoms with E-state index in [1.54, 1.807) is 9.80 Å². The maximum atomic E-state index is 12.2. The zero-order valence-corrected chi connectivity index (χ0v) is 19.8. The third kappa shape index (κ3) is 7.36. The van der Waals surface area contributed by atoms with Crippen molar-refractivity contribution in [1.82, 2.24) is 9.80 Å². The lowest BCUT2D eigenvalue weighted by Gasteiger charge is -2.33. The van der Waals surface area contributed by atoms with Crippen LogP contribution in [-0.4, -0.2) is 60.9 Å². The van der Waals surface area contributed by atoms with Crippen LogP contribution in [0.3, 0.4) is 0 Å². The Labute approximate surface area is 191 Å². The number of likely N-dealkylation sites (N-methyl/N-ethyl adjacent to an activating group) is 1. The van der Waals surface area contributed by atoms with Crippen LogP contribution >= 0.6 is 0 Å². The second-order valence-corrected chi connectivity index (χ2v) is 8.36. The van der Waals surface area contributed by atoms with Gasteiger partial charge in [-0.05, 0) is 50.8 Å². The Morgan fingerprint density at radius 2 is 1.75 bits per heavy atom. The van der Waals surface area contributed by atoms with Crippen LogP contribution in [0.2, 0.25) is 0 Å². The molecule has 3 rings (SSSR count). The molecule has 2 amide bonds. The Hall–Kier alpha value is -2.89. The lowest BCUT2D eigenvalue weighted by Crippen LogP contribution is -2.48. The fourth-order valence-electron chi connectivity index (χ4n) is 3.96. The van der Waals surface area contributed by atoms with Crippen LogP contribution in [0.4, 0.5) is 0 Å². The molecule has 6 nitrogen and oxygen atoms in total. The average Bonchev–Trinajstić information content (AvgIpc) is 2.78. The average molecular weight is 441 g/mol. The number of hydrogen-bond donors (Lipinski definition) is 0. The van der Waals surface area contributed by atoms with Crippen molar-refractivity contribution in [3.05, 3.63) is 47.5 Å². The highest BCUT2D eigenvalue weighted by molar-refractivity contribution is 5.86. The molecule has 1 fully saturated rings. The maximum Gasteiger partial charge on any atom is 0.293 e. The number of carbonyl (C=O) groups excluding carboxylic acids is 3. The molecule has 1 saturated heterocycles. The second-order valence-electron chi connectivity index (χ2n) is 8.36. The lowest BCUT2D eigenvalue weighted by atomic mass is 9.98. The topological polar surface area (TPSA) is 66.9 Å². The van der Waals surface area contributed by atoms with Crippen LogP contribution < -0.4 is 0 Å². The molecule has 6 heteroatoms. The van der Waals surface area contributed by atoms with Crippen LogP contribution in [0.1, 0.15) is 44.2 Å². The summed E-state index contributed by atoms with van der Waals surface area (Å²) in [6.07, 6.45) is 2.46. The van der Waals surface area contributed by atoms with Gasteiger partial charge in [0.25, 0.3) is 6.47 Å². The zero-order valence-electron chi connectivity index (χ0n) is 19.8. The second kappa shape index (κ2) is 12.8. The number of amides is 2. The van der Waals surface area contributed by atoms with E-state index in [0.29, 0.717) is 26.0 Å². The minimum atomic E-state index is -0.303. The molecule has 0 unspecified atom stereocenters. The van der Waals surface area contributed by atoms with E-state index < -0.39 is 0 Å². The smallest absolute Gasteiger partial charge is 0.293 e. The van der Waals surface area contributed by atoms with Crippen molar-refractivity contribution in [2.24, 2.45) is 5.92 Å². The summed E-state index contributed by atoms with van der Waals surface area (Å²) in [5.41, 5.74) is 2.65. The van der Waals surface area contributed by atoms with E-state index in [-0.39, 0.29) is 30.9 Å². The summed E-state index contributed by atoms with van der Waals surface area (Å²) in [6.45, 7) is 10.8. The van der Waals surface area contributed by atoms with E-state index in [2.05, 4.69) is 55.0 Å². The molecule has 0 radical (unpaired) electrons. The molecule has 2 aromatic carbocycles. The van der Waals surface area contributed by atoms with E-state index in [9.17, 15) is 14.4 Å². The quantitative estimate of drug-likeness (QED) is 0.580. The fourth-order valence-corrected chi connectivity index (χ4v) is 3.96.